The highest BCUT2D eigenvalue weighted by atomic mass is 16.5. The van der Waals surface area contributed by atoms with E-state index in [0.717, 1.165) is 0 Å². The monoisotopic (exact) mass is 206 g/mol. The van der Waals surface area contributed by atoms with E-state index in [9.17, 15) is 5.11 Å². The minimum absolute atomic E-state index is 0.0852. The van der Waals surface area contributed by atoms with Crippen molar-refractivity contribution < 1.29 is 14.9 Å². The zero-order chi connectivity index (χ0) is 11.2. The number of nitrogens with two attached hydrogens (primary N) is 2. The van der Waals surface area contributed by atoms with Crippen molar-refractivity contribution in [3.05, 3.63) is 0 Å². The van der Waals surface area contributed by atoms with Gasteiger partial charge < -0.3 is 26.4 Å². The molecule has 0 radical (unpaired) electrons. The van der Waals surface area contributed by atoms with Crippen LogP contribution in [-0.4, -0.2) is 41.8 Å². The van der Waals surface area contributed by atoms with Crippen molar-refractivity contribution >= 4 is 0 Å². The molecule has 0 aromatic heterocycles. The molecule has 0 saturated heterocycles. The van der Waals surface area contributed by atoms with Crippen LogP contribution in [0.5, 0.6) is 0 Å². The Labute approximate surface area is 85.0 Å². The van der Waals surface area contributed by atoms with E-state index in [1.54, 1.807) is 0 Å². The first-order valence-electron chi connectivity index (χ1n) is 4.87. The summed E-state index contributed by atoms with van der Waals surface area (Å²) in [6.07, 6.45) is -0.239. The van der Waals surface area contributed by atoms with Gasteiger partial charge in [-0.25, -0.2) is 0 Å². The minimum atomic E-state index is -1.30. The lowest BCUT2D eigenvalue weighted by atomic mass is 9.94. The van der Waals surface area contributed by atoms with Gasteiger partial charge >= 0.3 is 0 Å². The van der Waals surface area contributed by atoms with E-state index < -0.39 is 11.8 Å². The molecule has 0 rings (SSSR count). The van der Waals surface area contributed by atoms with Crippen LogP contribution >= 0.6 is 0 Å². The first-order valence-corrected chi connectivity index (χ1v) is 4.87. The number of aliphatic hydroxyl groups is 2. The van der Waals surface area contributed by atoms with Gasteiger partial charge in [0, 0.05) is 13.0 Å². The summed E-state index contributed by atoms with van der Waals surface area (Å²) in [6, 6.07) is 0. The van der Waals surface area contributed by atoms with Crippen LogP contribution in [0, 0.1) is 5.92 Å². The Balaban J connectivity index is 4.02. The van der Waals surface area contributed by atoms with E-state index in [1.165, 1.54) is 0 Å². The Kier molecular flexibility index (Phi) is 6.22. The summed E-state index contributed by atoms with van der Waals surface area (Å²) in [7, 11) is 0. The zero-order valence-corrected chi connectivity index (χ0v) is 8.94. The van der Waals surface area contributed by atoms with Crippen molar-refractivity contribution in [2.75, 3.05) is 19.8 Å². The third-order valence-electron chi connectivity index (χ3n) is 2.23. The van der Waals surface area contributed by atoms with E-state index in [1.807, 2.05) is 13.8 Å². The van der Waals surface area contributed by atoms with Crippen LogP contribution in [0.2, 0.25) is 0 Å². The molecule has 86 valence electrons. The van der Waals surface area contributed by atoms with Gasteiger partial charge in [0.2, 0.25) is 0 Å². The molecule has 2 atom stereocenters. The Hall–Kier alpha value is -0.200. The minimum Gasteiger partial charge on any atom is -0.394 e. The van der Waals surface area contributed by atoms with Crippen LogP contribution in [0.3, 0.4) is 0 Å². The lowest BCUT2D eigenvalue weighted by Crippen LogP contribution is -2.48. The molecule has 0 aromatic carbocycles. The van der Waals surface area contributed by atoms with Gasteiger partial charge in [-0.05, 0) is 5.92 Å². The van der Waals surface area contributed by atoms with E-state index >= 15 is 0 Å². The summed E-state index contributed by atoms with van der Waals surface area (Å²) in [5.74, 6) is -0.0852. The predicted molar refractivity (Wildman–Crippen MR) is 54.5 cm³/mol. The fourth-order valence-corrected chi connectivity index (χ4v) is 1.01. The fourth-order valence-electron chi connectivity index (χ4n) is 1.01. The highest BCUT2D eigenvalue weighted by Gasteiger charge is 2.29. The third kappa shape index (κ3) is 4.88. The lowest BCUT2D eigenvalue weighted by molar-refractivity contribution is -0.0746. The van der Waals surface area contributed by atoms with Crippen LogP contribution in [-0.2, 0) is 4.74 Å². The lowest BCUT2D eigenvalue weighted by Gasteiger charge is -2.30. The van der Waals surface area contributed by atoms with Crippen molar-refractivity contribution in [3.8, 4) is 0 Å². The molecular formula is C9H22N2O3. The molecule has 0 aliphatic carbocycles. The number of hydrogen-bond donors (Lipinski definition) is 4. The number of ether oxygens (including phenoxy) is 1. The normalized spacial score (nSPS) is 18.2. The predicted octanol–water partition coefficient (Wildman–Crippen LogP) is -0.984. The maximum absolute atomic E-state index is 9.75. The molecule has 0 amide bonds. The van der Waals surface area contributed by atoms with Gasteiger partial charge in [-0.1, -0.05) is 13.8 Å². The summed E-state index contributed by atoms with van der Waals surface area (Å²) < 4.78 is 5.21. The van der Waals surface area contributed by atoms with Crippen molar-refractivity contribution in [1.82, 2.24) is 0 Å². The topological polar surface area (TPSA) is 102 Å². The molecule has 0 fully saturated rings. The first-order chi connectivity index (χ1) is 6.44. The molecular weight excluding hydrogens is 184 g/mol. The summed E-state index contributed by atoms with van der Waals surface area (Å²) in [5, 5.41) is 18.7. The van der Waals surface area contributed by atoms with E-state index in [0.29, 0.717) is 13.2 Å². The molecule has 0 aliphatic rings. The fraction of sp³-hybridized carbons (Fsp3) is 1.00. The largest absolute Gasteiger partial charge is 0.394 e. The Morgan fingerprint density at radius 1 is 1.43 bits per heavy atom. The average Bonchev–Trinajstić information content (AvgIpc) is 2.11. The van der Waals surface area contributed by atoms with E-state index in [4.69, 9.17) is 21.3 Å². The van der Waals surface area contributed by atoms with Crippen molar-refractivity contribution in [3.63, 3.8) is 0 Å². The van der Waals surface area contributed by atoms with Crippen molar-refractivity contribution in [2.45, 2.75) is 32.1 Å². The maximum atomic E-state index is 9.75. The number of rotatable bonds is 7. The summed E-state index contributed by atoms with van der Waals surface area (Å²) >= 11 is 0. The van der Waals surface area contributed by atoms with Crippen LogP contribution < -0.4 is 11.5 Å². The molecule has 0 aromatic rings. The highest BCUT2D eigenvalue weighted by molar-refractivity contribution is 4.78. The molecule has 0 aliphatic heterocycles. The molecule has 5 heteroatoms. The van der Waals surface area contributed by atoms with Crippen molar-refractivity contribution in [1.29, 1.82) is 0 Å². The zero-order valence-electron chi connectivity index (χ0n) is 8.94. The molecule has 0 bridgehead atoms. The second-order valence-electron chi connectivity index (χ2n) is 3.81. The quantitative estimate of drug-likeness (QED) is 0.401. The summed E-state index contributed by atoms with van der Waals surface area (Å²) in [6.45, 7) is 4.22. The Bertz CT molecular complexity index is 151. The van der Waals surface area contributed by atoms with Crippen molar-refractivity contribution in [2.24, 2.45) is 17.4 Å². The number of hydrogen-bond acceptors (Lipinski definition) is 5. The van der Waals surface area contributed by atoms with Gasteiger partial charge in [0.25, 0.3) is 0 Å². The molecule has 14 heavy (non-hydrogen) atoms. The van der Waals surface area contributed by atoms with Gasteiger partial charge in [0.1, 0.15) is 5.72 Å². The van der Waals surface area contributed by atoms with E-state index in [2.05, 4.69) is 0 Å². The molecule has 6 N–H and O–H groups in total. The Morgan fingerprint density at radius 2 is 2.00 bits per heavy atom. The second-order valence-corrected chi connectivity index (χ2v) is 3.81. The third-order valence-corrected chi connectivity index (χ3v) is 2.23. The smallest absolute Gasteiger partial charge is 0.118 e. The van der Waals surface area contributed by atoms with Gasteiger partial charge in [0.05, 0.1) is 19.3 Å². The second kappa shape index (κ2) is 6.31. The van der Waals surface area contributed by atoms with Crippen LogP contribution in [0.4, 0.5) is 0 Å². The first kappa shape index (κ1) is 13.8. The average molecular weight is 206 g/mol. The van der Waals surface area contributed by atoms with Gasteiger partial charge in [-0.2, -0.15) is 0 Å². The van der Waals surface area contributed by atoms with Gasteiger partial charge in [-0.3, -0.25) is 0 Å². The Morgan fingerprint density at radius 3 is 2.36 bits per heavy atom. The maximum Gasteiger partial charge on any atom is 0.118 e. The standard InChI is InChI=1S/C9H22N2O3/c1-7(2)9(11,13)5-8(6-12)14-4-3-10/h7-8,12-13H,3-6,10-11H2,1-2H3. The molecule has 0 saturated carbocycles. The van der Waals surface area contributed by atoms with Crippen LogP contribution in [0.25, 0.3) is 0 Å². The molecule has 5 nitrogen and oxygen atoms in total. The molecule has 0 heterocycles. The molecule has 2 unspecified atom stereocenters. The number of aliphatic hydroxyl groups excluding tert-OH is 1. The van der Waals surface area contributed by atoms with Gasteiger partial charge in [0.15, 0.2) is 0 Å². The summed E-state index contributed by atoms with van der Waals surface area (Å²) in [4.78, 5) is 0. The van der Waals surface area contributed by atoms with Gasteiger partial charge in [-0.15, -0.1) is 0 Å². The van der Waals surface area contributed by atoms with E-state index in [-0.39, 0.29) is 18.9 Å². The van der Waals surface area contributed by atoms with Crippen LogP contribution in [0.15, 0.2) is 0 Å². The highest BCUT2D eigenvalue weighted by Crippen LogP contribution is 2.17. The van der Waals surface area contributed by atoms with Crippen LogP contribution in [0.1, 0.15) is 20.3 Å². The summed E-state index contributed by atoms with van der Waals surface area (Å²) in [5.41, 5.74) is 9.59. The SMILES string of the molecule is CC(C)C(N)(O)CC(CO)OCCN. The molecule has 0 spiro atoms.